The number of anilines is 1. The number of para-hydroxylation sites is 1. The second-order valence-electron chi connectivity index (χ2n) is 6.62. The minimum atomic E-state index is -0.658. The van der Waals surface area contributed by atoms with Gasteiger partial charge in [0.25, 0.3) is 0 Å². The molecule has 0 bridgehead atoms. The minimum absolute atomic E-state index is 0.0633. The summed E-state index contributed by atoms with van der Waals surface area (Å²) < 4.78 is 4.88. The van der Waals surface area contributed by atoms with E-state index in [1.54, 1.807) is 4.90 Å². The number of nitrogens with zero attached hydrogens (tertiary/aromatic N) is 2. The molecular formula is C22H24N2O3S. The van der Waals surface area contributed by atoms with Crippen LogP contribution in [0.2, 0.25) is 0 Å². The van der Waals surface area contributed by atoms with Crippen LogP contribution in [0.1, 0.15) is 24.0 Å². The van der Waals surface area contributed by atoms with E-state index in [9.17, 15) is 9.59 Å². The summed E-state index contributed by atoms with van der Waals surface area (Å²) in [5, 5.41) is 0. The Morgan fingerprint density at radius 1 is 1.11 bits per heavy atom. The second kappa shape index (κ2) is 9.55. The first kappa shape index (κ1) is 20.1. The Morgan fingerprint density at radius 3 is 2.54 bits per heavy atom. The molecule has 0 N–H and O–H groups in total. The summed E-state index contributed by atoms with van der Waals surface area (Å²) in [5.74, 6) is 0.643. The molecule has 0 saturated carbocycles. The Balaban J connectivity index is 1.97. The molecule has 1 heterocycles. The Hall–Kier alpha value is -2.60. The topological polar surface area (TPSA) is 59.0 Å². The molecule has 1 amide bonds. The van der Waals surface area contributed by atoms with Crippen molar-refractivity contribution in [3.63, 3.8) is 0 Å². The molecule has 1 atom stereocenters. The second-order valence-corrected chi connectivity index (χ2v) is 7.06. The molecule has 1 aliphatic rings. The van der Waals surface area contributed by atoms with E-state index in [2.05, 4.69) is 17.6 Å². The van der Waals surface area contributed by atoms with Crippen LogP contribution in [0.3, 0.4) is 0 Å². The maximum Gasteiger partial charge on any atom is 0.330 e. The van der Waals surface area contributed by atoms with Gasteiger partial charge in [0.15, 0.2) is 0 Å². The fourth-order valence-electron chi connectivity index (χ4n) is 3.36. The third-order valence-electron chi connectivity index (χ3n) is 4.74. The number of ether oxygens (including phenoxy) is 1. The van der Waals surface area contributed by atoms with Crippen molar-refractivity contribution in [3.05, 3.63) is 65.7 Å². The van der Waals surface area contributed by atoms with E-state index in [0.29, 0.717) is 24.4 Å². The maximum absolute atomic E-state index is 13.2. The summed E-state index contributed by atoms with van der Waals surface area (Å²) in [6.07, 6.45) is 2.10. The number of methoxy groups -OCH3 is 1. The lowest BCUT2D eigenvalue weighted by Gasteiger charge is -2.31. The van der Waals surface area contributed by atoms with E-state index in [-0.39, 0.29) is 12.3 Å². The Labute approximate surface area is 170 Å². The van der Waals surface area contributed by atoms with Crippen LogP contribution in [0.5, 0.6) is 0 Å². The molecule has 0 saturated heterocycles. The zero-order valence-electron chi connectivity index (χ0n) is 15.9. The van der Waals surface area contributed by atoms with E-state index in [0.717, 1.165) is 23.2 Å². The summed E-state index contributed by atoms with van der Waals surface area (Å²) in [7, 11) is 1.35. The number of amidine groups is 1. The van der Waals surface area contributed by atoms with Gasteiger partial charge in [-0.15, -0.1) is 0 Å². The monoisotopic (exact) mass is 396 g/mol. The summed E-state index contributed by atoms with van der Waals surface area (Å²) in [6, 6.07) is 16.8. The minimum Gasteiger partial charge on any atom is -0.467 e. The number of benzene rings is 2. The molecule has 0 aromatic heterocycles. The van der Waals surface area contributed by atoms with E-state index in [1.807, 2.05) is 54.6 Å². The van der Waals surface area contributed by atoms with Crippen molar-refractivity contribution in [2.24, 2.45) is 4.99 Å². The number of aryl methyl sites for hydroxylation is 1. The molecular weight excluding hydrogens is 372 g/mol. The summed E-state index contributed by atoms with van der Waals surface area (Å²) >= 11 is 4.23. The van der Waals surface area contributed by atoms with Gasteiger partial charge >= 0.3 is 5.97 Å². The fraction of sp³-hybridized carbons (Fsp3) is 0.318. The summed E-state index contributed by atoms with van der Waals surface area (Å²) in [4.78, 5) is 31.7. The first-order valence-electron chi connectivity index (χ1n) is 9.34. The zero-order chi connectivity index (χ0) is 19.9. The number of hydrogen-bond acceptors (Lipinski definition) is 5. The van der Waals surface area contributed by atoms with Gasteiger partial charge in [-0.05, 0) is 35.8 Å². The molecule has 0 aliphatic carbocycles. The van der Waals surface area contributed by atoms with Crippen LogP contribution in [-0.4, -0.2) is 36.6 Å². The molecule has 0 unspecified atom stereocenters. The van der Waals surface area contributed by atoms with Crippen molar-refractivity contribution in [2.45, 2.75) is 31.7 Å². The van der Waals surface area contributed by atoms with Gasteiger partial charge in [-0.25, -0.2) is 4.79 Å². The average Bonchev–Trinajstić information content (AvgIpc) is 2.73. The van der Waals surface area contributed by atoms with Gasteiger partial charge in [0, 0.05) is 6.42 Å². The number of carbonyl (C=O) groups is 2. The van der Waals surface area contributed by atoms with Crippen molar-refractivity contribution >= 4 is 36.0 Å². The molecule has 0 spiro atoms. The smallest absolute Gasteiger partial charge is 0.330 e. The van der Waals surface area contributed by atoms with Crippen LogP contribution < -0.4 is 4.90 Å². The van der Waals surface area contributed by atoms with Crippen LogP contribution >= 0.6 is 12.6 Å². The van der Waals surface area contributed by atoms with Gasteiger partial charge in [-0.2, -0.15) is 12.6 Å². The third kappa shape index (κ3) is 4.62. The lowest BCUT2D eigenvalue weighted by atomic mass is 9.99. The number of aliphatic imine (C=N–C) groups is 1. The molecule has 146 valence electrons. The third-order valence-corrected chi connectivity index (χ3v) is 5.00. The van der Waals surface area contributed by atoms with Gasteiger partial charge in [0.1, 0.15) is 11.9 Å². The van der Waals surface area contributed by atoms with Gasteiger partial charge in [0.2, 0.25) is 5.91 Å². The number of rotatable bonds is 6. The lowest BCUT2D eigenvalue weighted by molar-refractivity contribution is -0.142. The molecule has 5 nitrogen and oxygen atoms in total. The largest absolute Gasteiger partial charge is 0.467 e. The zero-order valence-corrected chi connectivity index (χ0v) is 16.8. The van der Waals surface area contributed by atoms with Crippen LogP contribution in [-0.2, 0) is 27.2 Å². The molecule has 0 radical (unpaired) electrons. The van der Waals surface area contributed by atoms with Crippen molar-refractivity contribution in [2.75, 3.05) is 17.8 Å². The molecule has 2 aromatic carbocycles. The van der Waals surface area contributed by atoms with E-state index in [1.165, 1.54) is 7.11 Å². The van der Waals surface area contributed by atoms with E-state index < -0.39 is 12.0 Å². The molecule has 2 aromatic rings. The number of esters is 1. The fourth-order valence-corrected chi connectivity index (χ4v) is 3.61. The highest BCUT2D eigenvalue weighted by molar-refractivity contribution is 7.80. The molecule has 0 fully saturated rings. The number of hydrogen-bond donors (Lipinski definition) is 1. The first-order valence-corrected chi connectivity index (χ1v) is 9.97. The van der Waals surface area contributed by atoms with Gasteiger partial charge in [0.05, 0.1) is 19.2 Å². The van der Waals surface area contributed by atoms with Crippen LogP contribution in [0.15, 0.2) is 59.6 Å². The van der Waals surface area contributed by atoms with Crippen LogP contribution in [0.4, 0.5) is 5.69 Å². The summed E-state index contributed by atoms with van der Waals surface area (Å²) in [6.45, 7) is 0. The van der Waals surface area contributed by atoms with E-state index >= 15 is 0 Å². The SMILES string of the molecule is COC(=O)[C@H](CCS)N=C1CCc2ccccc2N1C(=O)Cc1ccccc1. The van der Waals surface area contributed by atoms with Crippen molar-refractivity contribution in [1.82, 2.24) is 0 Å². The molecule has 28 heavy (non-hydrogen) atoms. The van der Waals surface area contributed by atoms with Crippen molar-refractivity contribution in [1.29, 1.82) is 0 Å². The van der Waals surface area contributed by atoms with Crippen molar-refractivity contribution in [3.8, 4) is 0 Å². The standard InChI is InChI=1S/C22H24N2O3S/c1-27-22(26)18(13-14-28)23-20-12-11-17-9-5-6-10-19(17)24(20)21(25)15-16-7-3-2-4-8-16/h2-10,18,28H,11-15H2,1H3/t18-/m0/s1. The number of amides is 1. The predicted octanol–water partition coefficient (Wildman–Crippen LogP) is 3.47. The Morgan fingerprint density at radius 2 is 1.82 bits per heavy atom. The Bertz CT molecular complexity index is 867. The quantitative estimate of drug-likeness (QED) is 0.601. The normalized spacial score (nSPS) is 15.8. The van der Waals surface area contributed by atoms with Crippen molar-refractivity contribution < 1.29 is 14.3 Å². The number of fused-ring (bicyclic) bond motifs is 1. The first-order chi connectivity index (χ1) is 13.6. The number of carbonyl (C=O) groups excluding carboxylic acids is 2. The highest BCUT2D eigenvalue weighted by Crippen LogP contribution is 2.29. The molecule has 6 heteroatoms. The highest BCUT2D eigenvalue weighted by Gasteiger charge is 2.29. The van der Waals surface area contributed by atoms with Crippen LogP contribution in [0.25, 0.3) is 0 Å². The van der Waals surface area contributed by atoms with E-state index in [4.69, 9.17) is 4.74 Å². The summed E-state index contributed by atoms with van der Waals surface area (Å²) in [5.41, 5.74) is 2.88. The molecule has 1 aliphatic heterocycles. The van der Waals surface area contributed by atoms with Crippen LogP contribution in [0, 0.1) is 0 Å². The average molecular weight is 397 g/mol. The van der Waals surface area contributed by atoms with Gasteiger partial charge in [-0.3, -0.25) is 14.7 Å². The number of thiol groups is 1. The molecule has 3 rings (SSSR count). The predicted molar refractivity (Wildman–Crippen MR) is 114 cm³/mol. The van der Waals surface area contributed by atoms with Gasteiger partial charge < -0.3 is 4.74 Å². The Kier molecular flexibility index (Phi) is 6.87. The van der Waals surface area contributed by atoms with Gasteiger partial charge in [-0.1, -0.05) is 48.5 Å². The maximum atomic E-state index is 13.2. The lowest BCUT2D eigenvalue weighted by Crippen LogP contribution is -2.42. The highest BCUT2D eigenvalue weighted by atomic mass is 32.1.